The van der Waals surface area contributed by atoms with Gasteiger partial charge in [0.05, 0.1) is 54.4 Å². The van der Waals surface area contributed by atoms with Gasteiger partial charge in [-0.15, -0.1) is 11.8 Å². The van der Waals surface area contributed by atoms with Crippen LogP contribution < -0.4 is 10.1 Å². The lowest BCUT2D eigenvalue weighted by Gasteiger charge is -2.33. The SMILES string of the molecule is COc1cnc2cccc(C=CN(Cc3ccc4c(n3)NC(=O)CS4)[C@@H]3CCCOC3)c2c1. The van der Waals surface area contributed by atoms with E-state index in [0.29, 0.717) is 24.7 Å². The van der Waals surface area contributed by atoms with E-state index in [9.17, 15) is 4.79 Å². The molecule has 2 aliphatic heterocycles. The number of hydrogen-bond donors (Lipinski definition) is 1. The molecular formula is C25H26N4O3S. The van der Waals surface area contributed by atoms with Gasteiger partial charge in [0.15, 0.2) is 0 Å². The van der Waals surface area contributed by atoms with Crippen molar-refractivity contribution in [3.8, 4) is 5.75 Å². The van der Waals surface area contributed by atoms with Gasteiger partial charge in [0.2, 0.25) is 5.91 Å². The molecule has 2 aliphatic rings. The zero-order valence-electron chi connectivity index (χ0n) is 18.5. The molecule has 0 aliphatic carbocycles. The maximum Gasteiger partial charge on any atom is 0.235 e. The molecule has 1 amide bonds. The van der Waals surface area contributed by atoms with Gasteiger partial charge in [-0.25, -0.2) is 4.98 Å². The topological polar surface area (TPSA) is 76.6 Å². The summed E-state index contributed by atoms with van der Waals surface area (Å²) in [7, 11) is 1.65. The van der Waals surface area contributed by atoms with Gasteiger partial charge in [0.1, 0.15) is 11.6 Å². The Balaban J connectivity index is 1.44. The molecule has 1 fully saturated rings. The summed E-state index contributed by atoms with van der Waals surface area (Å²) in [6.45, 7) is 2.13. The van der Waals surface area contributed by atoms with Crippen molar-refractivity contribution in [3.63, 3.8) is 0 Å². The normalized spacial score (nSPS) is 18.2. The van der Waals surface area contributed by atoms with E-state index in [-0.39, 0.29) is 11.9 Å². The molecule has 1 saturated heterocycles. The number of pyridine rings is 2. The monoisotopic (exact) mass is 462 g/mol. The number of ether oxygens (including phenoxy) is 2. The first-order valence-electron chi connectivity index (χ1n) is 11.1. The van der Waals surface area contributed by atoms with Crippen LogP contribution in [0.15, 0.2) is 53.7 Å². The summed E-state index contributed by atoms with van der Waals surface area (Å²) in [6, 6.07) is 12.5. The number of amides is 1. The van der Waals surface area contributed by atoms with Crippen molar-refractivity contribution < 1.29 is 14.3 Å². The molecule has 4 heterocycles. The molecule has 0 radical (unpaired) electrons. The number of aromatic nitrogens is 2. The average Bonchev–Trinajstić information content (AvgIpc) is 2.86. The Labute approximate surface area is 197 Å². The average molecular weight is 463 g/mol. The molecule has 5 rings (SSSR count). The molecule has 1 N–H and O–H groups in total. The van der Waals surface area contributed by atoms with Crippen LogP contribution in [0, 0.1) is 0 Å². The van der Waals surface area contributed by atoms with Gasteiger partial charge in [-0.3, -0.25) is 9.78 Å². The number of nitrogens with zero attached hydrogens (tertiary/aromatic N) is 3. The van der Waals surface area contributed by atoms with Crippen LogP contribution in [0.5, 0.6) is 5.75 Å². The highest BCUT2D eigenvalue weighted by Gasteiger charge is 2.22. The first-order valence-corrected chi connectivity index (χ1v) is 12.1. The van der Waals surface area contributed by atoms with Crippen LogP contribution in [0.2, 0.25) is 0 Å². The number of nitrogens with one attached hydrogen (secondary N) is 1. The third-order valence-corrected chi connectivity index (χ3v) is 6.94. The third kappa shape index (κ3) is 4.96. The number of fused-ring (bicyclic) bond motifs is 2. The Bertz CT molecular complexity index is 1190. The fourth-order valence-electron chi connectivity index (χ4n) is 4.15. The maximum atomic E-state index is 11.8. The van der Waals surface area contributed by atoms with Gasteiger partial charge in [0.25, 0.3) is 0 Å². The summed E-state index contributed by atoms with van der Waals surface area (Å²) in [6.07, 6.45) is 8.08. The molecule has 170 valence electrons. The van der Waals surface area contributed by atoms with Gasteiger partial charge in [0, 0.05) is 18.2 Å². The maximum absolute atomic E-state index is 11.8. The van der Waals surface area contributed by atoms with Crippen LogP contribution in [0.1, 0.15) is 24.1 Å². The van der Waals surface area contributed by atoms with Crippen LogP contribution in [-0.4, -0.2) is 52.9 Å². The molecular weight excluding hydrogens is 436 g/mol. The summed E-state index contributed by atoms with van der Waals surface area (Å²) in [5.41, 5.74) is 2.91. The van der Waals surface area contributed by atoms with E-state index in [1.165, 1.54) is 11.8 Å². The molecule has 1 aromatic carbocycles. The van der Waals surface area contributed by atoms with Gasteiger partial charge in [-0.2, -0.15) is 0 Å². The van der Waals surface area contributed by atoms with Crippen molar-refractivity contribution in [2.45, 2.75) is 30.3 Å². The molecule has 0 spiro atoms. The molecule has 1 atom stereocenters. The number of methoxy groups -OCH3 is 1. The zero-order valence-corrected chi connectivity index (χ0v) is 19.3. The Morgan fingerprint density at radius 1 is 1.33 bits per heavy atom. The van der Waals surface area contributed by atoms with Gasteiger partial charge < -0.3 is 19.7 Å². The van der Waals surface area contributed by atoms with Crippen molar-refractivity contribution in [1.29, 1.82) is 0 Å². The predicted molar refractivity (Wildman–Crippen MR) is 130 cm³/mol. The Morgan fingerprint density at radius 3 is 3.12 bits per heavy atom. The van der Waals surface area contributed by atoms with Crippen LogP contribution >= 0.6 is 11.8 Å². The van der Waals surface area contributed by atoms with Crippen molar-refractivity contribution in [2.24, 2.45) is 0 Å². The molecule has 0 bridgehead atoms. The summed E-state index contributed by atoms with van der Waals surface area (Å²) in [5, 5.41) is 3.93. The first-order chi connectivity index (χ1) is 16.2. The van der Waals surface area contributed by atoms with Crippen LogP contribution in [0.25, 0.3) is 17.0 Å². The number of thioether (sulfide) groups is 1. The van der Waals surface area contributed by atoms with E-state index >= 15 is 0 Å². The molecule has 0 saturated carbocycles. The fourth-order valence-corrected chi connectivity index (χ4v) is 4.91. The first kappa shape index (κ1) is 21.7. The highest BCUT2D eigenvalue weighted by Crippen LogP contribution is 2.30. The van der Waals surface area contributed by atoms with Crippen molar-refractivity contribution in [2.75, 3.05) is 31.4 Å². The smallest absolute Gasteiger partial charge is 0.235 e. The third-order valence-electron chi connectivity index (χ3n) is 5.90. The molecule has 7 nitrogen and oxygen atoms in total. The largest absolute Gasteiger partial charge is 0.495 e. The second kappa shape index (κ2) is 9.80. The zero-order chi connectivity index (χ0) is 22.6. The standard InChI is InChI=1S/C25H26N4O3S/c1-31-20-12-21-17(4-2-6-22(21)26-13-20)9-10-29(19-5-3-11-32-15-19)14-18-7-8-23-25(27-18)28-24(30)16-33-23/h2,4,6-10,12-13,19H,3,5,11,14-16H2,1H3,(H,27,28,30)/t19-/m1/s1. The van der Waals surface area contributed by atoms with E-state index in [1.807, 2.05) is 30.3 Å². The fraction of sp³-hybridized carbons (Fsp3) is 0.320. The van der Waals surface area contributed by atoms with E-state index in [0.717, 1.165) is 52.3 Å². The minimum Gasteiger partial charge on any atom is -0.495 e. The predicted octanol–water partition coefficient (Wildman–Crippen LogP) is 4.33. The lowest BCUT2D eigenvalue weighted by molar-refractivity contribution is -0.113. The summed E-state index contributed by atoms with van der Waals surface area (Å²) in [5.74, 6) is 1.82. The van der Waals surface area contributed by atoms with Crippen molar-refractivity contribution in [1.82, 2.24) is 14.9 Å². The number of rotatable bonds is 6. The number of carbonyl (C=O) groups is 1. The number of anilines is 1. The lowest BCUT2D eigenvalue weighted by atomic mass is 10.1. The van der Waals surface area contributed by atoms with E-state index in [1.54, 1.807) is 13.3 Å². The van der Waals surface area contributed by atoms with Crippen LogP contribution in [0.3, 0.4) is 0 Å². The van der Waals surface area contributed by atoms with E-state index in [4.69, 9.17) is 14.5 Å². The second-order valence-electron chi connectivity index (χ2n) is 8.13. The van der Waals surface area contributed by atoms with Crippen molar-refractivity contribution >= 4 is 40.5 Å². The second-order valence-corrected chi connectivity index (χ2v) is 9.15. The molecule has 0 unspecified atom stereocenters. The lowest BCUT2D eigenvalue weighted by Crippen LogP contribution is -2.37. The molecule has 3 aromatic rings. The number of carbonyl (C=O) groups excluding carboxylic acids is 1. The molecule has 8 heteroatoms. The van der Waals surface area contributed by atoms with Crippen LogP contribution in [-0.2, 0) is 16.1 Å². The number of benzene rings is 1. The minimum atomic E-state index is -0.00502. The highest BCUT2D eigenvalue weighted by molar-refractivity contribution is 8.00. The Kier molecular flexibility index (Phi) is 6.46. The quantitative estimate of drug-likeness (QED) is 0.584. The van der Waals surface area contributed by atoms with Crippen LogP contribution in [0.4, 0.5) is 5.82 Å². The van der Waals surface area contributed by atoms with Gasteiger partial charge in [-0.05, 0) is 48.7 Å². The van der Waals surface area contributed by atoms with Crippen molar-refractivity contribution in [3.05, 3.63) is 60.1 Å². The number of hydrogen-bond acceptors (Lipinski definition) is 7. The minimum absolute atomic E-state index is 0.00502. The van der Waals surface area contributed by atoms with Gasteiger partial charge in [-0.1, -0.05) is 12.1 Å². The van der Waals surface area contributed by atoms with E-state index < -0.39 is 0 Å². The Morgan fingerprint density at radius 2 is 2.27 bits per heavy atom. The molecule has 33 heavy (non-hydrogen) atoms. The summed E-state index contributed by atoms with van der Waals surface area (Å²) >= 11 is 1.53. The Hall–Kier alpha value is -3.10. The molecule has 2 aromatic heterocycles. The summed E-state index contributed by atoms with van der Waals surface area (Å²) < 4.78 is 11.2. The van der Waals surface area contributed by atoms with Gasteiger partial charge >= 0.3 is 0 Å². The van der Waals surface area contributed by atoms with E-state index in [2.05, 4.69) is 33.5 Å². The summed E-state index contributed by atoms with van der Waals surface area (Å²) in [4.78, 5) is 24.3. The highest BCUT2D eigenvalue weighted by atomic mass is 32.2.